The summed E-state index contributed by atoms with van der Waals surface area (Å²) in [7, 11) is 0. The number of nitrogens with one attached hydrogen (secondary N) is 1. The molecular weight excluding hydrogens is 319 g/mol. The Kier molecular flexibility index (Phi) is 3.96. The van der Waals surface area contributed by atoms with Crippen LogP contribution in [0, 0.1) is 5.82 Å². The van der Waals surface area contributed by atoms with Crippen molar-refractivity contribution < 1.29 is 4.39 Å². The van der Waals surface area contributed by atoms with Gasteiger partial charge in [-0.25, -0.2) is 18.7 Å². The molecule has 0 unspecified atom stereocenters. The molecule has 1 N–H and O–H groups in total. The Hall–Kier alpha value is -3.48. The van der Waals surface area contributed by atoms with E-state index in [1.54, 1.807) is 12.3 Å². The Bertz CT molecular complexity index is 963. The average Bonchev–Trinajstić information content (AvgIpc) is 3.34. The van der Waals surface area contributed by atoms with Crippen LogP contribution in [0.4, 0.5) is 10.1 Å². The number of hydrogen-bond acceptors (Lipinski definition) is 4. The van der Waals surface area contributed by atoms with E-state index in [-0.39, 0.29) is 5.82 Å². The molecule has 2 heterocycles. The third-order valence-corrected chi connectivity index (χ3v) is 3.84. The molecule has 0 saturated heterocycles. The van der Waals surface area contributed by atoms with Crippen LogP contribution in [0.3, 0.4) is 0 Å². The number of anilines is 1. The van der Waals surface area contributed by atoms with Gasteiger partial charge in [0.2, 0.25) is 0 Å². The molecule has 0 atom stereocenters. The summed E-state index contributed by atoms with van der Waals surface area (Å²) in [6.45, 7) is 0.554. The maximum atomic E-state index is 14.3. The van der Waals surface area contributed by atoms with Crippen molar-refractivity contribution in [1.29, 1.82) is 0 Å². The zero-order valence-corrected chi connectivity index (χ0v) is 13.2. The number of aromatic nitrogens is 5. The van der Waals surface area contributed by atoms with Gasteiger partial charge in [0.05, 0.1) is 5.69 Å². The highest BCUT2D eigenvalue weighted by Gasteiger charge is 2.08. The van der Waals surface area contributed by atoms with Crippen molar-refractivity contribution in [3.8, 4) is 11.4 Å². The second-order valence-corrected chi connectivity index (χ2v) is 5.44. The molecule has 0 radical (unpaired) electrons. The maximum Gasteiger partial charge on any atom is 0.150 e. The van der Waals surface area contributed by atoms with E-state index in [0.717, 1.165) is 11.3 Å². The number of benzene rings is 2. The standard InChI is InChI=1S/C18H15FN6/c19-16-10-15(6-7-18(16)25-13-20-12-23-25)21-11-14-4-1-2-5-17(14)24-9-3-8-22-24/h1-10,12-13,21H,11H2. The number of para-hydroxylation sites is 1. The Labute approximate surface area is 143 Å². The number of rotatable bonds is 5. The topological polar surface area (TPSA) is 60.6 Å². The monoisotopic (exact) mass is 334 g/mol. The third kappa shape index (κ3) is 3.12. The van der Waals surface area contributed by atoms with Crippen molar-refractivity contribution in [2.24, 2.45) is 0 Å². The molecule has 25 heavy (non-hydrogen) atoms. The van der Waals surface area contributed by atoms with Crippen LogP contribution in [0.25, 0.3) is 11.4 Å². The smallest absolute Gasteiger partial charge is 0.150 e. The van der Waals surface area contributed by atoms with Crippen molar-refractivity contribution in [3.63, 3.8) is 0 Å². The molecule has 0 aliphatic rings. The molecule has 0 fully saturated rings. The molecule has 0 aliphatic heterocycles. The van der Waals surface area contributed by atoms with E-state index in [1.807, 2.05) is 47.3 Å². The van der Waals surface area contributed by atoms with E-state index in [9.17, 15) is 4.39 Å². The lowest BCUT2D eigenvalue weighted by atomic mass is 10.1. The molecule has 2 aromatic carbocycles. The van der Waals surface area contributed by atoms with Crippen LogP contribution in [-0.4, -0.2) is 24.5 Å². The van der Waals surface area contributed by atoms with Crippen molar-refractivity contribution in [3.05, 3.63) is 85.0 Å². The van der Waals surface area contributed by atoms with E-state index in [4.69, 9.17) is 0 Å². The summed E-state index contributed by atoms with van der Waals surface area (Å²) in [6.07, 6.45) is 6.47. The summed E-state index contributed by atoms with van der Waals surface area (Å²) in [5.74, 6) is -0.365. The molecule has 0 bridgehead atoms. The summed E-state index contributed by atoms with van der Waals surface area (Å²) < 4.78 is 17.5. The summed E-state index contributed by atoms with van der Waals surface area (Å²) >= 11 is 0. The van der Waals surface area contributed by atoms with Crippen LogP contribution in [0.15, 0.2) is 73.6 Å². The molecule has 0 saturated carbocycles. The molecule has 0 spiro atoms. The van der Waals surface area contributed by atoms with Gasteiger partial charge in [-0.3, -0.25) is 0 Å². The van der Waals surface area contributed by atoms with Gasteiger partial charge in [-0.05, 0) is 35.9 Å². The van der Waals surface area contributed by atoms with E-state index in [2.05, 4.69) is 20.5 Å². The van der Waals surface area contributed by atoms with E-state index in [1.165, 1.54) is 23.4 Å². The summed E-state index contributed by atoms with van der Waals surface area (Å²) in [6, 6.07) is 14.8. The van der Waals surface area contributed by atoms with E-state index < -0.39 is 0 Å². The van der Waals surface area contributed by atoms with Crippen LogP contribution >= 0.6 is 0 Å². The molecule has 124 valence electrons. The van der Waals surface area contributed by atoms with Crippen molar-refractivity contribution in [2.45, 2.75) is 6.54 Å². The minimum absolute atomic E-state index is 0.361. The fraction of sp³-hybridized carbons (Fsp3) is 0.0556. The number of hydrogen-bond donors (Lipinski definition) is 1. The van der Waals surface area contributed by atoms with Gasteiger partial charge in [0.15, 0.2) is 5.82 Å². The molecule has 0 aliphatic carbocycles. The Morgan fingerprint density at radius 3 is 2.64 bits per heavy atom. The van der Waals surface area contributed by atoms with E-state index >= 15 is 0 Å². The van der Waals surface area contributed by atoms with Gasteiger partial charge in [0.25, 0.3) is 0 Å². The predicted octanol–water partition coefficient (Wildman–Crippen LogP) is 3.20. The van der Waals surface area contributed by atoms with Crippen molar-refractivity contribution >= 4 is 5.69 Å². The maximum absolute atomic E-state index is 14.3. The zero-order valence-electron chi connectivity index (χ0n) is 13.2. The minimum atomic E-state index is -0.365. The van der Waals surface area contributed by atoms with Crippen LogP contribution in [0.2, 0.25) is 0 Å². The van der Waals surface area contributed by atoms with Gasteiger partial charge in [-0.1, -0.05) is 18.2 Å². The summed E-state index contributed by atoms with van der Waals surface area (Å²) in [5.41, 5.74) is 3.10. The first-order chi connectivity index (χ1) is 12.3. The lowest BCUT2D eigenvalue weighted by molar-refractivity contribution is 0.611. The van der Waals surface area contributed by atoms with Crippen molar-refractivity contribution in [1.82, 2.24) is 24.5 Å². The lowest BCUT2D eigenvalue weighted by Gasteiger charge is -2.12. The van der Waals surface area contributed by atoms with Gasteiger partial charge < -0.3 is 5.32 Å². The highest BCUT2D eigenvalue weighted by molar-refractivity contribution is 5.51. The van der Waals surface area contributed by atoms with Gasteiger partial charge in [0.1, 0.15) is 18.3 Å². The first-order valence-electron chi connectivity index (χ1n) is 7.77. The highest BCUT2D eigenvalue weighted by Crippen LogP contribution is 2.19. The molecule has 0 amide bonds. The fourth-order valence-corrected chi connectivity index (χ4v) is 2.63. The quantitative estimate of drug-likeness (QED) is 0.609. The summed E-state index contributed by atoms with van der Waals surface area (Å²) in [5, 5.41) is 11.5. The highest BCUT2D eigenvalue weighted by atomic mass is 19.1. The molecule has 4 rings (SSSR count). The van der Waals surface area contributed by atoms with Gasteiger partial charge >= 0.3 is 0 Å². The second-order valence-electron chi connectivity index (χ2n) is 5.44. The number of nitrogens with zero attached hydrogens (tertiary/aromatic N) is 5. The third-order valence-electron chi connectivity index (χ3n) is 3.84. The normalized spacial score (nSPS) is 10.8. The van der Waals surface area contributed by atoms with Gasteiger partial charge in [0, 0.05) is 24.6 Å². The van der Waals surface area contributed by atoms with Crippen LogP contribution < -0.4 is 5.32 Å². The fourth-order valence-electron chi connectivity index (χ4n) is 2.63. The molecular formula is C18H15FN6. The van der Waals surface area contributed by atoms with Crippen LogP contribution in [0.1, 0.15) is 5.56 Å². The SMILES string of the molecule is Fc1cc(NCc2ccccc2-n2cccn2)ccc1-n1cncn1. The minimum Gasteiger partial charge on any atom is -0.381 e. The molecule has 6 nitrogen and oxygen atoms in total. The van der Waals surface area contributed by atoms with E-state index in [0.29, 0.717) is 17.9 Å². The first-order valence-corrected chi connectivity index (χ1v) is 7.77. The Morgan fingerprint density at radius 1 is 0.960 bits per heavy atom. The Morgan fingerprint density at radius 2 is 1.88 bits per heavy atom. The number of halogens is 1. The van der Waals surface area contributed by atoms with Crippen molar-refractivity contribution in [2.75, 3.05) is 5.32 Å². The summed E-state index contributed by atoms with van der Waals surface area (Å²) in [4.78, 5) is 3.83. The predicted molar refractivity (Wildman–Crippen MR) is 92.2 cm³/mol. The van der Waals surface area contributed by atoms with Gasteiger partial charge in [-0.15, -0.1) is 0 Å². The molecule has 4 aromatic rings. The average molecular weight is 334 g/mol. The van der Waals surface area contributed by atoms with Crippen LogP contribution in [0.5, 0.6) is 0 Å². The zero-order chi connectivity index (χ0) is 17.1. The Balaban J connectivity index is 1.54. The second kappa shape index (κ2) is 6.56. The molecule has 7 heteroatoms. The molecule has 2 aromatic heterocycles. The largest absolute Gasteiger partial charge is 0.381 e. The lowest BCUT2D eigenvalue weighted by Crippen LogP contribution is -2.06. The van der Waals surface area contributed by atoms with Crippen LogP contribution in [-0.2, 0) is 6.54 Å². The van der Waals surface area contributed by atoms with Gasteiger partial charge in [-0.2, -0.15) is 10.2 Å². The first kappa shape index (κ1) is 15.1.